The predicted octanol–water partition coefficient (Wildman–Crippen LogP) is 3.80. The molecule has 1 unspecified atom stereocenters. The first-order chi connectivity index (χ1) is 10.7. The van der Waals surface area contributed by atoms with Crippen molar-refractivity contribution in [2.24, 2.45) is 0 Å². The van der Waals surface area contributed by atoms with Crippen molar-refractivity contribution in [3.63, 3.8) is 0 Å². The van der Waals surface area contributed by atoms with Crippen molar-refractivity contribution in [1.82, 2.24) is 4.90 Å². The topological polar surface area (TPSA) is 23.6 Å². The van der Waals surface area contributed by atoms with Gasteiger partial charge in [0.2, 0.25) is 0 Å². The molecular formula is C18H19BrN2O. The Morgan fingerprint density at radius 1 is 1.05 bits per heavy atom. The van der Waals surface area contributed by atoms with Crippen LogP contribution in [0.5, 0.6) is 0 Å². The maximum absolute atomic E-state index is 12.7. The van der Waals surface area contributed by atoms with Crippen LogP contribution in [0.4, 0.5) is 5.69 Å². The van der Waals surface area contributed by atoms with Crippen LogP contribution in [0.15, 0.2) is 59.1 Å². The maximum atomic E-state index is 12.7. The largest absolute Gasteiger partial charge is 0.365 e. The van der Waals surface area contributed by atoms with Crippen LogP contribution in [-0.4, -0.2) is 36.5 Å². The molecule has 0 aromatic heterocycles. The number of para-hydroxylation sites is 1. The normalized spacial score (nSPS) is 18.4. The number of amides is 1. The van der Waals surface area contributed by atoms with E-state index in [9.17, 15) is 4.79 Å². The molecule has 2 aromatic carbocycles. The van der Waals surface area contributed by atoms with Gasteiger partial charge in [-0.3, -0.25) is 4.79 Å². The Labute approximate surface area is 139 Å². The molecule has 114 valence electrons. The van der Waals surface area contributed by atoms with Crippen molar-refractivity contribution in [2.45, 2.75) is 13.0 Å². The van der Waals surface area contributed by atoms with Gasteiger partial charge >= 0.3 is 0 Å². The van der Waals surface area contributed by atoms with E-state index in [1.165, 1.54) is 5.69 Å². The number of benzene rings is 2. The van der Waals surface area contributed by atoms with Crippen LogP contribution >= 0.6 is 15.9 Å². The van der Waals surface area contributed by atoms with Crippen molar-refractivity contribution in [3.05, 3.63) is 64.6 Å². The fourth-order valence-electron chi connectivity index (χ4n) is 2.95. The van der Waals surface area contributed by atoms with Crippen LogP contribution in [0.2, 0.25) is 0 Å². The number of carbonyl (C=O) groups is 1. The smallest absolute Gasteiger partial charge is 0.255 e. The molecular weight excluding hydrogens is 340 g/mol. The van der Waals surface area contributed by atoms with Gasteiger partial charge in [0.05, 0.1) is 5.56 Å². The highest BCUT2D eigenvalue weighted by molar-refractivity contribution is 9.10. The van der Waals surface area contributed by atoms with Gasteiger partial charge in [0.25, 0.3) is 5.91 Å². The van der Waals surface area contributed by atoms with Crippen LogP contribution in [0.25, 0.3) is 0 Å². The van der Waals surface area contributed by atoms with Gasteiger partial charge in [-0.05, 0) is 47.1 Å². The van der Waals surface area contributed by atoms with Gasteiger partial charge in [-0.1, -0.05) is 30.3 Å². The first kappa shape index (κ1) is 15.1. The number of hydrogen-bond acceptors (Lipinski definition) is 2. The van der Waals surface area contributed by atoms with Crippen molar-refractivity contribution in [3.8, 4) is 0 Å². The van der Waals surface area contributed by atoms with Crippen LogP contribution in [-0.2, 0) is 0 Å². The number of halogens is 1. The summed E-state index contributed by atoms with van der Waals surface area (Å²) >= 11 is 3.47. The summed E-state index contributed by atoms with van der Waals surface area (Å²) in [6.45, 7) is 4.53. The van der Waals surface area contributed by atoms with E-state index in [4.69, 9.17) is 0 Å². The molecule has 3 rings (SSSR count). The summed E-state index contributed by atoms with van der Waals surface area (Å²) in [5, 5.41) is 0. The highest BCUT2D eigenvalue weighted by atomic mass is 79.9. The number of piperazine rings is 1. The molecule has 0 aliphatic carbocycles. The molecule has 0 saturated carbocycles. The molecule has 1 saturated heterocycles. The molecule has 0 bridgehead atoms. The highest BCUT2D eigenvalue weighted by Gasteiger charge is 2.28. The van der Waals surface area contributed by atoms with E-state index in [1.54, 1.807) is 0 Å². The highest BCUT2D eigenvalue weighted by Crippen LogP contribution is 2.23. The zero-order valence-electron chi connectivity index (χ0n) is 12.6. The monoisotopic (exact) mass is 358 g/mol. The summed E-state index contributed by atoms with van der Waals surface area (Å²) in [6.07, 6.45) is 0. The molecule has 1 atom stereocenters. The van der Waals surface area contributed by atoms with E-state index in [0.717, 1.165) is 29.7 Å². The third-order valence-electron chi connectivity index (χ3n) is 4.11. The van der Waals surface area contributed by atoms with Gasteiger partial charge < -0.3 is 9.80 Å². The molecule has 22 heavy (non-hydrogen) atoms. The number of nitrogens with zero attached hydrogens (tertiary/aromatic N) is 2. The molecule has 0 radical (unpaired) electrons. The first-order valence-electron chi connectivity index (χ1n) is 7.52. The predicted molar refractivity (Wildman–Crippen MR) is 93.3 cm³/mol. The van der Waals surface area contributed by atoms with E-state index < -0.39 is 0 Å². The summed E-state index contributed by atoms with van der Waals surface area (Å²) in [5.41, 5.74) is 1.96. The Morgan fingerprint density at radius 3 is 2.41 bits per heavy atom. The van der Waals surface area contributed by atoms with Gasteiger partial charge in [0.15, 0.2) is 0 Å². The zero-order valence-corrected chi connectivity index (χ0v) is 14.2. The van der Waals surface area contributed by atoms with Crippen molar-refractivity contribution >= 4 is 27.5 Å². The molecule has 1 heterocycles. The van der Waals surface area contributed by atoms with Crippen LogP contribution in [0.1, 0.15) is 17.3 Å². The van der Waals surface area contributed by atoms with E-state index in [1.807, 2.05) is 35.2 Å². The maximum Gasteiger partial charge on any atom is 0.255 e. The Morgan fingerprint density at radius 2 is 1.73 bits per heavy atom. The lowest BCUT2D eigenvalue weighted by Gasteiger charge is -2.41. The van der Waals surface area contributed by atoms with Crippen LogP contribution < -0.4 is 4.90 Å². The lowest BCUT2D eigenvalue weighted by atomic mass is 10.1. The Balaban J connectivity index is 1.73. The molecule has 2 aromatic rings. The minimum atomic E-state index is 0.104. The van der Waals surface area contributed by atoms with Crippen molar-refractivity contribution in [1.29, 1.82) is 0 Å². The summed E-state index contributed by atoms with van der Waals surface area (Å²) < 4.78 is 0.859. The Bertz CT molecular complexity index is 659. The molecule has 1 aliphatic heterocycles. The third-order valence-corrected chi connectivity index (χ3v) is 4.80. The zero-order chi connectivity index (χ0) is 15.5. The second-order valence-electron chi connectivity index (χ2n) is 5.61. The summed E-state index contributed by atoms with van der Waals surface area (Å²) in [7, 11) is 0. The molecule has 4 heteroatoms. The standard InChI is InChI=1S/C18H19BrN2O/c1-14-13-20(18(22)16-9-5-6-10-17(16)19)11-12-21(14)15-7-3-2-4-8-15/h2-10,14H,11-13H2,1H3. The lowest BCUT2D eigenvalue weighted by Crippen LogP contribution is -2.53. The summed E-state index contributed by atoms with van der Waals surface area (Å²) in [5.74, 6) is 0.104. The molecule has 1 aliphatic rings. The van der Waals surface area contributed by atoms with E-state index in [-0.39, 0.29) is 5.91 Å². The average Bonchev–Trinajstić information content (AvgIpc) is 2.55. The van der Waals surface area contributed by atoms with Crippen LogP contribution in [0, 0.1) is 0 Å². The van der Waals surface area contributed by atoms with Crippen molar-refractivity contribution in [2.75, 3.05) is 24.5 Å². The molecule has 1 amide bonds. The van der Waals surface area contributed by atoms with Crippen LogP contribution in [0.3, 0.4) is 0 Å². The minimum absolute atomic E-state index is 0.104. The number of carbonyl (C=O) groups excluding carboxylic acids is 1. The van der Waals surface area contributed by atoms with Gasteiger partial charge in [-0.15, -0.1) is 0 Å². The second kappa shape index (κ2) is 6.53. The fourth-order valence-corrected chi connectivity index (χ4v) is 3.40. The number of rotatable bonds is 2. The summed E-state index contributed by atoms with van der Waals surface area (Å²) in [4.78, 5) is 17.0. The van der Waals surface area contributed by atoms with Gasteiger partial charge in [0, 0.05) is 35.8 Å². The first-order valence-corrected chi connectivity index (χ1v) is 8.31. The molecule has 1 fully saturated rings. The molecule has 0 N–H and O–H groups in total. The Kier molecular flexibility index (Phi) is 4.48. The molecule has 3 nitrogen and oxygen atoms in total. The van der Waals surface area contributed by atoms with Gasteiger partial charge in [-0.2, -0.15) is 0 Å². The van der Waals surface area contributed by atoms with E-state index in [0.29, 0.717) is 6.04 Å². The fraction of sp³-hybridized carbons (Fsp3) is 0.278. The minimum Gasteiger partial charge on any atom is -0.365 e. The van der Waals surface area contributed by atoms with E-state index >= 15 is 0 Å². The Hall–Kier alpha value is -1.81. The summed E-state index contributed by atoms with van der Waals surface area (Å²) in [6, 6.07) is 18.3. The van der Waals surface area contributed by atoms with Crippen molar-refractivity contribution < 1.29 is 4.79 Å². The SMILES string of the molecule is CC1CN(C(=O)c2ccccc2Br)CCN1c1ccccc1. The van der Waals surface area contributed by atoms with Gasteiger partial charge in [0.1, 0.15) is 0 Å². The van der Waals surface area contributed by atoms with E-state index in [2.05, 4.69) is 52.0 Å². The lowest BCUT2D eigenvalue weighted by molar-refractivity contribution is 0.0725. The average molecular weight is 359 g/mol. The third kappa shape index (κ3) is 3.02. The number of anilines is 1. The van der Waals surface area contributed by atoms with Gasteiger partial charge in [-0.25, -0.2) is 0 Å². The molecule has 0 spiro atoms. The second-order valence-corrected chi connectivity index (χ2v) is 6.46. The number of hydrogen-bond donors (Lipinski definition) is 0. The quantitative estimate of drug-likeness (QED) is 0.814.